The van der Waals surface area contributed by atoms with Crippen LogP contribution in [0, 0.1) is 5.92 Å². The lowest BCUT2D eigenvalue weighted by Gasteiger charge is -2.49. The number of benzene rings is 2. The summed E-state index contributed by atoms with van der Waals surface area (Å²) < 4.78 is 19.0. The number of fused-ring (bicyclic) bond motifs is 2. The summed E-state index contributed by atoms with van der Waals surface area (Å²) in [6, 6.07) is 11.1. The summed E-state index contributed by atoms with van der Waals surface area (Å²) in [7, 11) is 1.63. The van der Waals surface area contributed by atoms with Gasteiger partial charge in [0.15, 0.2) is 0 Å². The maximum atomic E-state index is 13.4. The van der Waals surface area contributed by atoms with E-state index in [0.29, 0.717) is 17.2 Å². The molecule has 0 bridgehead atoms. The van der Waals surface area contributed by atoms with Crippen molar-refractivity contribution in [2.45, 2.75) is 128 Å². The molecule has 9 rings (SSSR count). The number of carbonyl (C=O) groups is 3. The molecule has 2 aliphatic carbocycles. The molecular formula is C48H63N9O6. The highest BCUT2D eigenvalue weighted by atomic mass is 16.5. The zero-order valence-electron chi connectivity index (χ0n) is 37.5. The van der Waals surface area contributed by atoms with E-state index in [-0.39, 0.29) is 54.4 Å². The van der Waals surface area contributed by atoms with Crippen molar-refractivity contribution >= 4 is 40.0 Å². The van der Waals surface area contributed by atoms with Crippen LogP contribution in [0.2, 0.25) is 0 Å². The fraction of sp³-hybridized carbons (Fsp3) is 0.583. The number of methoxy groups -OCH3 is 1. The molecule has 5 aliphatic rings. The van der Waals surface area contributed by atoms with E-state index >= 15 is 0 Å². The molecule has 1 unspecified atom stereocenters. The molecule has 1 atom stereocenters. The van der Waals surface area contributed by atoms with Gasteiger partial charge in [-0.1, -0.05) is 0 Å². The lowest BCUT2D eigenvalue weighted by Crippen LogP contribution is -2.60. The molecule has 2 saturated heterocycles. The van der Waals surface area contributed by atoms with Crippen molar-refractivity contribution in [2.24, 2.45) is 11.7 Å². The fourth-order valence-electron chi connectivity index (χ4n) is 10.5. The number of ketones is 1. The number of aromatic nitrogens is 4. The molecule has 3 aliphatic heterocycles. The second kappa shape index (κ2) is 17.4. The molecule has 336 valence electrons. The number of rotatable bonds is 15. The second-order valence-electron chi connectivity index (χ2n) is 19.5. The van der Waals surface area contributed by atoms with Crippen LogP contribution in [0.4, 0.5) is 11.5 Å². The largest absolute Gasteiger partial charge is 0.494 e. The topological polar surface area (TPSA) is 172 Å². The number of nitrogens with zero attached hydrogens (tertiary/aromatic N) is 7. The van der Waals surface area contributed by atoms with E-state index in [1.54, 1.807) is 13.4 Å². The Hall–Kier alpha value is -5.28. The lowest BCUT2D eigenvalue weighted by atomic mass is 9.86. The van der Waals surface area contributed by atoms with Crippen molar-refractivity contribution in [3.63, 3.8) is 0 Å². The average molecular weight is 862 g/mol. The molecule has 0 spiro atoms. The molecule has 2 aromatic heterocycles. The van der Waals surface area contributed by atoms with Gasteiger partial charge in [0.2, 0.25) is 5.91 Å². The van der Waals surface area contributed by atoms with Crippen LogP contribution in [-0.2, 0) is 20.9 Å². The van der Waals surface area contributed by atoms with Gasteiger partial charge in [0.1, 0.15) is 46.8 Å². The summed E-state index contributed by atoms with van der Waals surface area (Å²) in [5, 5.41) is 8.84. The van der Waals surface area contributed by atoms with E-state index in [1.807, 2.05) is 24.3 Å². The molecule has 15 heteroatoms. The summed E-state index contributed by atoms with van der Waals surface area (Å²) >= 11 is 0. The second-order valence-corrected chi connectivity index (χ2v) is 19.5. The Morgan fingerprint density at radius 2 is 1.71 bits per heavy atom. The fourth-order valence-corrected chi connectivity index (χ4v) is 10.5. The molecule has 2 aromatic carbocycles. The standard InChI is InChI=1S/C48H63N9O6/c1-30(58)6-14-41(45(49)59)56-27-37-35(46(56)60)12-15-40(44(37)61-5)55-20-16-33(17-21-55)62-32-9-7-31(8-10-32)26-54-22-23-57(47(2,3)28-54)42-25-39(50-29-51-42)43-36-24-34(63-48(4)18-19-48)11-13-38(36)52-53-43/h11-13,15,24-25,29,31-33,41H,6-10,14,16-23,26-28H2,1-5H3,(H2,49,59)(H,52,53). The Morgan fingerprint density at radius 1 is 0.952 bits per heavy atom. The molecule has 2 saturated carbocycles. The first-order chi connectivity index (χ1) is 30.3. The van der Waals surface area contributed by atoms with E-state index < -0.39 is 11.9 Å². The molecule has 4 fully saturated rings. The number of Topliss-reactive ketones (excluding diaryl/α,β-unsaturated/α-hetero) is 1. The maximum absolute atomic E-state index is 13.4. The van der Waals surface area contributed by atoms with Crippen LogP contribution in [0.15, 0.2) is 42.7 Å². The number of carbonyl (C=O) groups excluding carboxylic acids is 3. The van der Waals surface area contributed by atoms with Crippen molar-refractivity contribution in [3.05, 3.63) is 53.9 Å². The third kappa shape index (κ3) is 9.09. The highest BCUT2D eigenvalue weighted by Crippen LogP contribution is 2.43. The quantitative estimate of drug-likeness (QED) is 0.137. The third-order valence-electron chi connectivity index (χ3n) is 14.2. The van der Waals surface area contributed by atoms with E-state index in [9.17, 15) is 14.4 Å². The minimum Gasteiger partial charge on any atom is -0.494 e. The normalized spacial score (nSPS) is 22.9. The number of hydrogen-bond acceptors (Lipinski definition) is 12. The number of piperidine rings is 1. The molecule has 0 radical (unpaired) electrons. The van der Waals surface area contributed by atoms with Gasteiger partial charge in [-0.3, -0.25) is 19.6 Å². The van der Waals surface area contributed by atoms with Gasteiger partial charge in [0, 0.05) is 73.8 Å². The first kappa shape index (κ1) is 43.0. The smallest absolute Gasteiger partial charge is 0.255 e. The molecule has 15 nitrogen and oxygen atoms in total. The van der Waals surface area contributed by atoms with Crippen molar-refractivity contribution in [1.82, 2.24) is 30.0 Å². The number of H-pyrrole nitrogens is 1. The molecule has 5 heterocycles. The SMILES string of the molecule is COc1c(N2CCC(OC3CCC(CN4CCN(c5cc(-c6n[nH]c7ccc(OC8(C)CC8)cc67)ncn5)C(C)(C)C4)CC3)CC2)ccc2c1CN(C(CCC(C)=O)C(N)=O)C2=O. The van der Waals surface area contributed by atoms with Gasteiger partial charge in [-0.15, -0.1) is 0 Å². The van der Waals surface area contributed by atoms with Crippen molar-refractivity contribution in [2.75, 3.05) is 56.2 Å². The molecular weight excluding hydrogens is 799 g/mol. The van der Waals surface area contributed by atoms with Crippen LogP contribution < -0.4 is 25.0 Å². The summed E-state index contributed by atoms with van der Waals surface area (Å²) in [5.41, 5.74) is 10.3. The Balaban J connectivity index is 0.745. The Bertz CT molecular complexity index is 2350. The molecule has 4 aromatic rings. The van der Waals surface area contributed by atoms with E-state index in [4.69, 9.17) is 24.9 Å². The van der Waals surface area contributed by atoms with Crippen LogP contribution >= 0.6 is 0 Å². The van der Waals surface area contributed by atoms with E-state index in [1.165, 1.54) is 24.7 Å². The van der Waals surface area contributed by atoms with Gasteiger partial charge in [0.05, 0.1) is 42.8 Å². The van der Waals surface area contributed by atoms with Crippen LogP contribution in [-0.4, -0.2) is 123 Å². The first-order valence-electron chi connectivity index (χ1n) is 23.0. The van der Waals surface area contributed by atoms with E-state index in [2.05, 4.69) is 62.8 Å². The number of ether oxygens (including phenoxy) is 3. The Labute approximate surface area is 370 Å². The summed E-state index contributed by atoms with van der Waals surface area (Å²) in [4.78, 5) is 55.7. The number of hydrogen-bond donors (Lipinski definition) is 2. The van der Waals surface area contributed by atoms with Crippen molar-refractivity contribution < 1.29 is 28.6 Å². The summed E-state index contributed by atoms with van der Waals surface area (Å²) in [6.07, 6.45) is 11.1. The summed E-state index contributed by atoms with van der Waals surface area (Å²) in [5.74, 6) is 2.19. The number of aromatic amines is 1. The minimum absolute atomic E-state index is 0.0461. The molecule has 2 amide bonds. The minimum atomic E-state index is -0.847. The predicted molar refractivity (Wildman–Crippen MR) is 241 cm³/mol. The van der Waals surface area contributed by atoms with Crippen LogP contribution in [0.1, 0.15) is 108 Å². The van der Waals surface area contributed by atoms with Crippen LogP contribution in [0.3, 0.4) is 0 Å². The predicted octanol–water partition coefficient (Wildman–Crippen LogP) is 6.28. The van der Waals surface area contributed by atoms with Gasteiger partial charge in [0.25, 0.3) is 5.91 Å². The number of amides is 2. The van der Waals surface area contributed by atoms with Gasteiger partial charge >= 0.3 is 0 Å². The monoisotopic (exact) mass is 861 g/mol. The summed E-state index contributed by atoms with van der Waals surface area (Å²) in [6.45, 7) is 14.1. The third-order valence-corrected chi connectivity index (χ3v) is 14.2. The van der Waals surface area contributed by atoms with Crippen LogP contribution in [0.5, 0.6) is 11.5 Å². The van der Waals surface area contributed by atoms with Crippen molar-refractivity contribution in [3.8, 4) is 22.9 Å². The lowest BCUT2D eigenvalue weighted by molar-refractivity contribution is -0.123. The zero-order valence-corrected chi connectivity index (χ0v) is 37.5. The number of nitrogens with two attached hydrogens (primary N) is 1. The molecule has 63 heavy (non-hydrogen) atoms. The van der Waals surface area contributed by atoms with Crippen molar-refractivity contribution in [1.29, 1.82) is 0 Å². The van der Waals surface area contributed by atoms with Gasteiger partial charge in [-0.2, -0.15) is 5.10 Å². The van der Waals surface area contributed by atoms with Gasteiger partial charge < -0.3 is 39.4 Å². The highest BCUT2D eigenvalue weighted by molar-refractivity contribution is 6.02. The average Bonchev–Trinajstić information content (AvgIpc) is 3.68. The van der Waals surface area contributed by atoms with Crippen LogP contribution in [0.25, 0.3) is 22.3 Å². The Morgan fingerprint density at radius 3 is 2.41 bits per heavy atom. The number of primary amides is 1. The van der Waals surface area contributed by atoms with Gasteiger partial charge in [-0.25, -0.2) is 9.97 Å². The highest BCUT2D eigenvalue weighted by Gasteiger charge is 2.41. The number of piperazine rings is 1. The maximum Gasteiger partial charge on any atom is 0.255 e. The molecule has 3 N–H and O–H groups in total. The van der Waals surface area contributed by atoms with E-state index in [0.717, 1.165) is 123 Å². The number of anilines is 2. The zero-order chi connectivity index (χ0) is 44.0. The number of nitrogens with one attached hydrogen (secondary N) is 1. The van der Waals surface area contributed by atoms with Gasteiger partial charge in [-0.05, 0) is 122 Å². The first-order valence-corrected chi connectivity index (χ1v) is 23.0. The Kier molecular flexibility index (Phi) is 11.8.